The third kappa shape index (κ3) is 2.14. The average molecular weight is 273 g/mol. The minimum absolute atomic E-state index is 0.00596. The molecule has 106 valence electrons. The molecule has 1 aromatic heterocycles. The van der Waals surface area contributed by atoms with E-state index in [2.05, 4.69) is 24.1 Å². The molecule has 3 rings (SSSR count). The van der Waals surface area contributed by atoms with Gasteiger partial charge < -0.3 is 20.5 Å². The van der Waals surface area contributed by atoms with Crippen LogP contribution in [-0.2, 0) is 0 Å². The zero-order valence-corrected chi connectivity index (χ0v) is 11.9. The number of ether oxygens (including phenoxy) is 2. The van der Waals surface area contributed by atoms with E-state index in [0.29, 0.717) is 0 Å². The summed E-state index contributed by atoms with van der Waals surface area (Å²) in [5.74, 6) is 2.34. The molecular weight excluding hydrogens is 254 g/mol. The van der Waals surface area contributed by atoms with Crippen LogP contribution in [0.25, 0.3) is 10.8 Å². The van der Waals surface area contributed by atoms with Gasteiger partial charge in [0.15, 0.2) is 11.5 Å². The van der Waals surface area contributed by atoms with E-state index in [4.69, 9.17) is 15.2 Å². The Hall–Kier alpha value is -2.01. The number of benzene rings is 1. The number of fused-ring (bicyclic) bond motifs is 2. The highest BCUT2D eigenvalue weighted by Gasteiger charge is 2.24. The molecule has 3 N–H and O–H groups in total. The monoisotopic (exact) mass is 273 g/mol. The molecule has 0 aliphatic carbocycles. The van der Waals surface area contributed by atoms with Gasteiger partial charge in [0.05, 0.1) is 0 Å². The highest BCUT2D eigenvalue weighted by Crippen LogP contribution is 2.38. The Morgan fingerprint density at radius 2 is 2.00 bits per heavy atom. The normalized spacial score (nSPS) is 15.4. The van der Waals surface area contributed by atoms with Crippen LogP contribution in [-0.4, -0.2) is 23.4 Å². The molecule has 5 nitrogen and oxygen atoms in total. The first-order valence-electron chi connectivity index (χ1n) is 6.69. The predicted octanol–water partition coefficient (Wildman–Crippen LogP) is 2.50. The van der Waals surface area contributed by atoms with Gasteiger partial charge >= 0.3 is 0 Å². The Labute approximate surface area is 118 Å². The average Bonchev–Trinajstić information content (AvgIpc) is 2.83. The van der Waals surface area contributed by atoms with Gasteiger partial charge in [-0.3, -0.25) is 0 Å². The number of nitrogens with one attached hydrogen (secondary N) is 1. The van der Waals surface area contributed by atoms with Crippen molar-refractivity contribution in [1.82, 2.24) is 4.98 Å². The third-order valence-electron chi connectivity index (χ3n) is 3.84. The van der Waals surface area contributed by atoms with Crippen LogP contribution in [0.1, 0.15) is 20.8 Å². The summed E-state index contributed by atoms with van der Waals surface area (Å²) in [4.78, 5) is 4.44. The quantitative estimate of drug-likeness (QED) is 0.899. The van der Waals surface area contributed by atoms with Gasteiger partial charge in [-0.15, -0.1) is 0 Å². The van der Waals surface area contributed by atoms with E-state index in [1.807, 2.05) is 25.1 Å². The maximum Gasteiger partial charge on any atom is 0.231 e. The fourth-order valence-corrected chi connectivity index (χ4v) is 2.08. The number of anilines is 1. The van der Waals surface area contributed by atoms with Gasteiger partial charge in [-0.05, 0) is 44.4 Å². The molecule has 0 fully saturated rings. The van der Waals surface area contributed by atoms with E-state index in [0.717, 1.165) is 28.1 Å². The summed E-state index contributed by atoms with van der Waals surface area (Å²) in [7, 11) is 0. The van der Waals surface area contributed by atoms with Crippen LogP contribution in [0.3, 0.4) is 0 Å². The second-order valence-electron chi connectivity index (χ2n) is 5.72. The molecular formula is C15H19N3O2. The van der Waals surface area contributed by atoms with E-state index in [-0.39, 0.29) is 18.4 Å². The van der Waals surface area contributed by atoms with Gasteiger partial charge in [0.25, 0.3) is 0 Å². The first-order chi connectivity index (χ1) is 9.47. The topological polar surface area (TPSA) is 69.4 Å². The molecule has 20 heavy (non-hydrogen) atoms. The van der Waals surface area contributed by atoms with Crippen LogP contribution in [0.2, 0.25) is 0 Å². The number of hydrogen-bond acceptors (Lipinski definition) is 5. The standard InChI is InChI=1S/C15H19N3O2/c1-9(16)15(2,3)18-14-11-7-13-12(19-8-20-13)6-10(11)4-5-17-14/h4-7,9H,8,16H2,1-3H3,(H,17,18). The molecule has 2 heterocycles. The second kappa shape index (κ2) is 4.52. The van der Waals surface area contributed by atoms with E-state index in [9.17, 15) is 0 Å². The molecule has 0 saturated heterocycles. The van der Waals surface area contributed by atoms with E-state index in [1.54, 1.807) is 6.20 Å². The van der Waals surface area contributed by atoms with Crippen molar-refractivity contribution in [3.05, 3.63) is 24.4 Å². The number of hydrogen-bond donors (Lipinski definition) is 2. The summed E-state index contributed by atoms with van der Waals surface area (Å²) in [5.41, 5.74) is 5.76. The van der Waals surface area contributed by atoms with Crippen molar-refractivity contribution in [3.63, 3.8) is 0 Å². The fraction of sp³-hybridized carbons (Fsp3) is 0.400. The minimum Gasteiger partial charge on any atom is -0.454 e. The van der Waals surface area contributed by atoms with E-state index in [1.165, 1.54) is 0 Å². The predicted molar refractivity (Wildman–Crippen MR) is 79.2 cm³/mol. The smallest absolute Gasteiger partial charge is 0.231 e. The molecule has 1 unspecified atom stereocenters. The number of rotatable bonds is 3. The highest BCUT2D eigenvalue weighted by atomic mass is 16.7. The van der Waals surface area contributed by atoms with Crippen molar-refractivity contribution in [1.29, 1.82) is 0 Å². The van der Waals surface area contributed by atoms with Gasteiger partial charge in [0.2, 0.25) is 6.79 Å². The van der Waals surface area contributed by atoms with Crippen molar-refractivity contribution < 1.29 is 9.47 Å². The molecule has 5 heteroatoms. The largest absolute Gasteiger partial charge is 0.454 e. The molecule has 0 spiro atoms. The zero-order chi connectivity index (χ0) is 14.3. The summed E-state index contributed by atoms with van der Waals surface area (Å²) in [5, 5.41) is 5.49. The van der Waals surface area contributed by atoms with Crippen LogP contribution in [0.5, 0.6) is 11.5 Å². The molecule has 0 bridgehead atoms. The van der Waals surface area contributed by atoms with Gasteiger partial charge in [-0.2, -0.15) is 0 Å². The molecule has 1 aromatic carbocycles. The lowest BCUT2D eigenvalue weighted by Crippen LogP contribution is -2.47. The summed E-state index contributed by atoms with van der Waals surface area (Å²) in [6.07, 6.45) is 1.78. The SMILES string of the molecule is CC(N)C(C)(C)Nc1nccc2cc3c(cc12)OCO3. The van der Waals surface area contributed by atoms with Gasteiger partial charge in [-0.1, -0.05) is 0 Å². The van der Waals surface area contributed by atoms with Crippen LogP contribution < -0.4 is 20.5 Å². The number of nitrogens with two attached hydrogens (primary N) is 1. The number of aromatic nitrogens is 1. The Balaban J connectivity index is 2.08. The Morgan fingerprint density at radius 3 is 2.70 bits per heavy atom. The summed E-state index contributed by atoms with van der Waals surface area (Å²) in [6.45, 7) is 6.37. The molecule has 2 aromatic rings. The first-order valence-corrected chi connectivity index (χ1v) is 6.69. The summed E-state index contributed by atoms with van der Waals surface area (Å²) < 4.78 is 10.8. The van der Waals surface area contributed by atoms with Crippen LogP contribution in [0.15, 0.2) is 24.4 Å². The second-order valence-corrected chi connectivity index (χ2v) is 5.72. The highest BCUT2D eigenvalue weighted by molar-refractivity contribution is 5.94. The molecule has 1 atom stereocenters. The lowest BCUT2D eigenvalue weighted by Gasteiger charge is -2.31. The van der Waals surface area contributed by atoms with Crippen molar-refractivity contribution in [2.45, 2.75) is 32.4 Å². The van der Waals surface area contributed by atoms with Crippen LogP contribution in [0, 0.1) is 0 Å². The molecule has 0 saturated carbocycles. The number of nitrogens with zero attached hydrogens (tertiary/aromatic N) is 1. The third-order valence-corrected chi connectivity index (χ3v) is 3.84. The fourth-order valence-electron chi connectivity index (χ4n) is 2.08. The zero-order valence-electron chi connectivity index (χ0n) is 11.9. The van der Waals surface area contributed by atoms with Gasteiger partial charge in [0.1, 0.15) is 5.82 Å². The molecule has 0 amide bonds. The van der Waals surface area contributed by atoms with Gasteiger partial charge in [-0.25, -0.2) is 4.98 Å². The first kappa shape index (κ1) is 13.0. The summed E-state index contributed by atoms with van der Waals surface area (Å²) in [6, 6.07) is 5.89. The van der Waals surface area contributed by atoms with Crippen molar-refractivity contribution in [2.75, 3.05) is 12.1 Å². The minimum atomic E-state index is -0.252. The van der Waals surface area contributed by atoms with Crippen molar-refractivity contribution in [2.24, 2.45) is 5.73 Å². The lowest BCUT2D eigenvalue weighted by molar-refractivity contribution is 0.174. The lowest BCUT2D eigenvalue weighted by atomic mass is 9.96. The Bertz CT molecular complexity index is 653. The molecule has 1 aliphatic rings. The maximum atomic E-state index is 6.02. The Morgan fingerprint density at radius 1 is 1.30 bits per heavy atom. The number of pyridine rings is 1. The maximum absolute atomic E-state index is 6.02. The summed E-state index contributed by atoms with van der Waals surface area (Å²) >= 11 is 0. The molecule has 1 aliphatic heterocycles. The van der Waals surface area contributed by atoms with Crippen molar-refractivity contribution >= 4 is 16.6 Å². The molecule has 0 radical (unpaired) electrons. The Kier molecular flexibility index (Phi) is 2.94. The van der Waals surface area contributed by atoms with E-state index >= 15 is 0 Å². The van der Waals surface area contributed by atoms with E-state index < -0.39 is 0 Å². The van der Waals surface area contributed by atoms with Crippen LogP contribution in [0.4, 0.5) is 5.82 Å². The van der Waals surface area contributed by atoms with Gasteiger partial charge in [0, 0.05) is 23.2 Å². The van der Waals surface area contributed by atoms with Crippen molar-refractivity contribution in [3.8, 4) is 11.5 Å². The van der Waals surface area contributed by atoms with Crippen LogP contribution >= 0.6 is 0 Å².